The number of para-hydroxylation sites is 3. The van der Waals surface area contributed by atoms with Crippen molar-refractivity contribution >= 4 is 32.8 Å². The molecule has 5 aromatic carbocycles. The van der Waals surface area contributed by atoms with Crippen molar-refractivity contribution in [2.75, 3.05) is 0 Å². The Balaban J connectivity index is 1.48. The van der Waals surface area contributed by atoms with Crippen molar-refractivity contribution in [1.29, 1.82) is 0 Å². The van der Waals surface area contributed by atoms with Crippen LogP contribution in [0.1, 0.15) is 61.8 Å². The van der Waals surface area contributed by atoms with E-state index < -0.39 is 0 Å². The van der Waals surface area contributed by atoms with Crippen LogP contribution >= 0.6 is 0 Å². The lowest BCUT2D eigenvalue weighted by atomic mass is 9.88. The zero-order chi connectivity index (χ0) is 29.0. The molecule has 0 unspecified atom stereocenters. The predicted molar refractivity (Wildman–Crippen MR) is 178 cm³/mol. The third kappa shape index (κ3) is 4.32. The highest BCUT2D eigenvalue weighted by Crippen LogP contribution is 2.37. The number of nitrogens with zero attached hydrogens (tertiary/aromatic N) is 3. The molecule has 0 aliphatic heterocycles. The molecule has 7 aromatic rings. The van der Waals surface area contributed by atoms with Crippen LogP contribution in [0, 0.1) is 6.92 Å². The fourth-order valence-corrected chi connectivity index (χ4v) is 6.63. The first-order valence-electron chi connectivity index (χ1n) is 15.1. The van der Waals surface area contributed by atoms with Gasteiger partial charge in [0.15, 0.2) is 0 Å². The van der Waals surface area contributed by atoms with E-state index in [2.05, 4.69) is 153 Å². The molecule has 0 amide bonds. The standard InChI is InChI=1S/C39H37N3/c1-25(2)30-14-11-15-31(26(3)4)34(30)24-41-38-17-10-9-16-35(38)40-39(41)28-19-21-37-33(23-28)32-22-27(5)18-20-36(32)42(37)29-12-7-6-8-13-29/h6-23,25-26H,24H2,1-5H3. The second kappa shape index (κ2) is 10.3. The van der Waals surface area contributed by atoms with Crippen molar-refractivity contribution in [2.24, 2.45) is 0 Å². The molecule has 0 bridgehead atoms. The number of aryl methyl sites for hydroxylation is 1. The highest BCUT2D eigenvalue weighted by Gasteiger charge is 2.20. The van der Waals surface area contributed by atoms with Crippen LogP contribution in [-0.4, -0.2) is 14.1 Å². The van der Waals surface area contributed by atoms with Gasteiger partial charge < -0.3 is 9.13 Å². The largest absolute Gasteiger partial charge is 0.319 e. The van der Waals surface area contributed by atoms with Crippen LogP contribution in [0.25, 0.3) is 49.9 Å². The molecule has 0 saturated carbocycles. The van der Waals surface area contributed by atoms with Gasteiger partial charge in [0.2, 0.25) is 0 Å². The van der Waals surface area contributed by atoms with Crippen LogP contribution in [-0.2, 0) is 6.54 Å². The zero-order valence-electron chi connectivity index (χ0n) is 25.1. The number of aromatic nitrogens is 3. The maximum Gasteiger partial charge on any atom is 0.141 e. The van der Waals surface area contributed by atoms with Gasteiger partial charge in [0.25, 0.3) is 0 Å². The van der Waals surface area contributed by atoms with Crippen molar-refractivity contribution in [1.82, 2.24) is 14.1 Å². The van der Waals surface area contributed by atoms with Crippen LogP contribution < -0.4 is 0 Å². The van der Waals surface area contributed by atoms with E-state index in [9.17, 15) is 0 Å². The summed E-state index contributed by atoms with van der Waals surface area (Å²) in [7, 11) is 0. The van der Waals surface area contributed by atoms with Crippen LogP contribution in [0.4, 0.5) is 0 Å². The molecule has 0 spiro atoms. The summed E-state index contributed by atoms with van der Waals surface area (Å²) in [6, 6.07) is 39.7. The fourth-order valence-electron chi connectivity index (χ4n) is 6.63. The Kier molecular flexibility index (Phi) is 6.46. The monoisotopic (exact) mass is 547 g/mol. The Morgan fingerprint density at radius 2 is 1.26 bits per heavy atom. The van der Waals surface area contributed by atoms with E-state index in [0.717, 1.165) is 23.4 Å². The number of benzene rings is 5. The second-order valence-corrected chi connectivity index (χ2v) is 12.2. The van der Waals surface area contributed by atoms with E-state index >= 15 is 0 Å². The van der Waals surface area contributed by atoms with Gasteiger partial charge >= 0.3 is 0 Å². The molecule has 7 rings (SSSR count). The lowest BCUT2D eigenvalue weighted by molar-refractivity contribution is 0.750. The molecule has 2 aromatic heterocycles. The van der Waals surface area contributed by atoms with E-state index in [1.807, 2.05) is 0 Å². The first kappa shape index (κ1) is 26.3. The molecule has 3 nitrogen and oxygen atoms in total. The highest BCUT2D eigenvalue weighted by atomic mass is 15.1. The molecule has 3 heteroatoms. The number of hydrogen-bond donors (Lipinski definition) is 0. The average molecular weight is 548 g/mol. The van der Waals surface area contributed by atoms with Gasteiger partial charge in [-0.2, -0.15) is 0 Å². The van der Waals surface area contributed by atoms with Gasteiger partial charge in [-0.05, 0) is 90.0 Å². The molecule has 208 valence electrons. The van der Waals surface area contributed by atoms with Crippen LogP contribution in [0.3, 0.4) is 0 Å². The lowest BCUT2D eigenvalue weighted by Crippen LogP contribution is -2.10. The van der Waals surface area contributed by atoms with Gasteiger partial charge in [-0.1, -0.05) is 87.9 Å². The first-order valence-corrected chi connectivity index (χ1v) is 15.1. The quantitative estimate of drug-likeness (QED) is 0.203. The minimum atomic E-state index is 0.445. The molecule has 0 atom stereocenters. The minimum Gasteiger partial charge on any atom is -0.319 e. The minimum absolute atomic E-state index is 0.445. The summed E-state index contributed by atoms with van der Waals surface area (Å²) in [4.78, 5) is 5.25. The van der Waals surface area contributed by atoms with Crippen molar-refractivity contribution in [2.45, 2.75) is 53.0 Å². The molecule has 0 saturated heterocycles. The van der Waals surface area contributed by atoms with Crippen molar-refractivity contribution in [3.63, 3.8) is 0 Å². The SMILES string of the molecule is Cc1ccc2c(c1)c1cc(-c3nc4ccccc4n3Cc3c(C(C)C)cccc3C(C)C)ccc1n2-c1ccccc1. The van der Waals surface area contributed by atoms with Crippen LogP contribution in [0.15, 0.2) is 109 Å². The third-order valence-corrected chi connectivity index (χ3v) is 8.66. The number of fused-ring (bicyclic) bond motifs is 4. The van der Waals surface area contributed by atoms with Crippen LogP contribution in [0.5, 0.6) is 0 Å². The molecule has 0 fully saturated rings. The Morgan fingerprint density at radius 3 is 1.98 bits per heavy atom. The summed E-state index contributed by atoms with van der Waals surface area (Å²) in [5.41, 5.74) is 12.5. The van der Waals surface area contributed by atoms with Crippen LogP contribution in [0.2, 0.25) is 0 Å². The molecule has 0 N–H and O–H groups in total. The Hall–Kier alpha value is -4.63. The van der Waals surface area contributed by atoms with Gasteiger partial charge in [0, 0.05) is 22.0 Å². The summed E-state index contributed by atoms with van der Waals surface area (Å²) in [6.45, 7) is 12.2. The summed E-state index contributed by atoms with van der Waals surface area (Å²) in [5, 5.41) is 2.52. The van der Waals surface area contributed by atoms with E-state index in [-0.39, 0.29) is 0 Å². The van der Waals surface area contributed by atoms with Crippen molar-refractivity contribution < 1.29 is 0 Å². The fraction of sp³-hybridized carbons (Fsp3) is 0.205. The topological polar surface area (TPSA) is 22.8 Å². The van der Waals surface area contributed by atoms with E-state index in [0.29, 0.717) is 11.8 Å². The van der Waals surface area contributed by atoms with Gasteiger partial charge in [0.05, 0.1) is 28.6 Å². The van der Waals surface area contributed by atoms with E-state index in [1.165, 1.54) is 55.3 Å². The highest BCUT2D eigenvalue weighted by molar-refractivity contribution is 6.10. The molecule has 42 heavy (non-hydrogen) atoms. The molecule has 0 aliphatic rings. The zero-order valence-corrected chi connectivity index (χ0v) is 25.1. The van der Waals surface area contributed by atoms with Crippen molar-refractivity contribution in [3.8, 4) is 17.1 Å². The molecule has 2 heterocycles. The van der Waals surface area contributed by atoms with Gasteiger partial charge in [-0.3, -0.25) is 0 Å². The molecular weight excluding hydrogens is 510 g/mol. The first-order chi connectivity index (χ1) is 20.4. The normalized spacial score (nSPS) is 12.0. The van der Waals surface area contributed by atoms with E-state index in [1.54, 1.807) is 0 Å². The van der Waals surface area contributed by atoms with Gasteiger partial charge in [-0.15, -0.1) is 0 Å². The van der Waals surface area contributed by atoms with Gasteiger partial charge in [-0.25, -0.2) is 4.98 Å². The smallest absolute Gasteiger partial charge is 0.141 e. The van der Waals surface area contributed by atoms with Crippen molar-refractivity contribution in [3.05, 3.63) is 131 Å². The number of hydrogen-bond acceptors (Lipinski definition) is 1. The average Bonchev–Trinajstić information content (AvgIpc) is 3.52. The van der Waals surface area contributed by atoms with E-state index in [4.69, 9.17) is 4.98 Å². The Labute approximate surface area is 248 Å². The molecular formula is C39H37N3. The maximum atomic E-state index is 5.25. The maximum absolute atomic E-state index is 5.25. The molecule has 0 aliphatic carbocycles. The summed E-state index contributed by atoms with van der Waals surface area (Å²) in [6.07, 6.45) is 0. The third-order valence-electron chi connectivity index (χ3n) is 8.66. The Morgan fingerprint density at radius 1 is 0.619 bits per heavy atom. The second-order valence-electron chi connectivity index (χ2n) is 12.2. The number of imidazole rings is 1. The number of rotatable bonds is 6. The summed E-state index contributed by atoms with van der Waals surface area (Å²) < 4.78 is 4.82. The lowest BCUT2D eigenvalue weighted by Gasteiger charge is -2.21. The Bertz CT molecular complexity index is 2050. The summed E-state index contributed by atoms with van der Waals surface area (Å²) in [5.74, 6) is 1.90. The predicted octanol–water partition coefficient (Wildman–Crippen LogP) is 10.4. The summed E-state index contributed by atoms with van der Waals surface area (Å²) >= 11 is 0. The molecule has 0 radical (unpaired) electrons. The van der Waals surface area contributed by atoms with Gasteiger partial charge in [0.1, 0.15) is 5.82 Å².